The summed E-state index contributed by atoms with van der Waals surface area (Å²) in [5, 5.41) is 11.2. The van der Waals surface area contributed by atoms with Crippen LogP contribution in [0.25, 0.3) is 0 Å². The summed E-state index contributed by atoms with van der Waals surface area (Å²) in [5.41, 5.74) is 2.17. The van der Waals surface area contributed by atoms with E-state index in [4.69, 9.17) is 0 Å². The van der Waals surface area contributed by atoms with Crippen LogP contribution in [-0.2, 0) is 13.1 Å². The average molecular weight is 281 g/mol. The van der Waals surface area contributed by atoms with E-state index in [1.165, 1.54) is 5.56 Å². The molecule has 0 amide bonds. The highest BCUT2D eigenvalue weighted by Gasteiger charge is 2.00. The maximum atomic E-state index is 4.07. The Morgan fingerprint density at radius 3 is 2.75 bits per heavy atom. The van der Waals surface area contributed by atoms with Crippen LogP contribution < -0.4 is 5.32 Å². The Kier molecular flexibility index (Phi) is 3.69. The van der Waals surface area contributed by atoms with E-state index < -0.39 is 0 Å². The Labute approximate surface area is 103 Å². The van der Waals surface area contributed by atoms with E-state index in [1.807, 2.05) is 30.1 Å². The molecule has 0 saturated carbocycles. The van der Waals surface area contributed by atoms with Crippen molar-refractivity contribution in [2.45, 2.75) is 13.1 Å². The van der Waals surface area contributed by atoms with Gasteiger partial charge in [0.15, 0.2) is 0 Å². The largest absolute Gasteiger partial charge is 0.314 e. The van der Waals surface area contributed by atoms with Crippen molar-refractivity contribution in [3.8, 4) is 0 Å². The fraction of sp³-hybridized carbons (Fsp3) is 0.273. The lowest BCUT2D eigenvalue weighted by Gasteiger charge is -2.00. The first-order chi connectivity index (χ1) is 7.78. The highest BCUT2D eigenvalue weighted by atomic mass is 79.9. The molecule has 16 heavy (non-hydrogen) atoms. The van der Waals surface area contributed by atoms with E-state index in [0.29, 0.717) is 0 Å². The molecule has 0 aliphatic carbocycles. The van der Waals surface area contributed by atoms with Crippen LogP contribution in [0, 0.1) is 0 Å². The van der Waals surface area contributed by atoms with Crippen LogP contribution in [0.2, 0.25) is 0 Å². The van der Waals surface area contributed by atoms with Gasteiger partial charge < -0.3 is 5.32 Å². The van der Waals surface area contributed by atoms with E-state index in [2.05, 4.69) is 43.7 Å². The Hall–Kier alpha value is -1.20. The van der Waals surface area contributed by atoms with Crippen molar-refractivity contribution in [1.29, 1.82) is 0 Å². The zero-order valence-corrected chi connectivity index (χ0v) is 10.6. The van der Waals surface area contributed by atoms with E-state index in [0.717, 1.165) is 23.3 Å². The standard InChI is InChI=1S/C11H13BrN4/c1-13-6-11-8-16(15-14-11)7-9-2-4-10(12)5-3-9/h2-5,8,13H,6-7H2,1H3. The molecule has 1 heterocycles. The lowest BCUT2D eigenvalue weighted by Crippen LogP contribution is -2.05. The Morgan fingerprint density at radius 2 is 2.06 bits per heavy atom. The monoisotopic (exact) mass is 280 g/mol. The number of hydrogen-bond donors (Lipinski definition) is 1. The van der Waals surface area contributed by atoms with Gasteiger partial charge in [-0.1, -0.05) is 33.3 Å². The number of hydrogen-bond acceptors (Lipinski definition) is 3. The Bertz CT molecular complexity index is 449. The quantitative estimate of drug-likeness (QED) is 0.929. The molecule has 0 fully saturated rings. The third-order valence-corrected chi connectivity index (χ3v) is 2.73. The van der Waals surface area contributed by atoms with Crippen molar-refractivity contribution in [1.82, 2.24) is 20.3 Å². The minimum absolute atomic E-state index is 0.750. The molecule has 0 unspecified atom stereocenters. The fourth-order valence-electron chi connectivity index (χ4n) is 1.45. The third-order valence-electron chi connectivity index (χ3n) is 2.20. The highest BCUT2D eigenvalue weighted by Crippen LogP contribution is 2.11. The zero-order chi connectivity index (χ0) is 11.4. The number of benzene rings is 1. The lowest BCUT2D eigenvalue weighted by molar-refractivity contribution is 0.648. The molecular formula is C11H13BrN4. The summed E-state index contributed by atoms with van der Waals surface area (Å²) in [6.07, 6.45) is 1.96. The van der Waals surface area contributed by atoms with Gasteiger partial charge in [0.2, 0.25) is 0 Å². The maximum absolute atomic E-state index is 4.07. The fourth-order valence-corrected chi connectivity index (χ4v) is 1.72. The molecule has 2 aromatic rings. The van der Waals surface area contributed by atoms with Gasteiger partial charge >= 0.3 is 0 Å². The van der Waals surface area contributed by atoms with Crippen molar-refractivity contribution in [2.75, 3.05) is 7.05 Å². The zero-order valence-electron chi connectivity index (χ0n) is 9.02. The molecular weight excluding hydrogens is 268 g/mol. The third kappa shape index (κ3) is 2.90. The minimum atomic E-state index is 0.750. The maximum Gasteiger partial charge on any atom is 0.0964 e. The van der Waals surface area contributed by atoms with Gasteiger partial charge in [-0.15, -0.1) is 5.10 Å². The summed E-state index contributed by atoms with van der Waals surface area (Å²) in [7, 11) is 1.90. The van der Waals surface area contributed by atoms with E-state index in [1.54, 1.807) is 0 Å². The molecule has 0 aliphatic rings. The molecule has 0 spiro atoms. The summed E-state index contributed by atoms with van der Waals surface area (Å²) in [6.45, 7) is 1.50. The van der Waals surface area contributed by atoms with Gasteiger partial charge in [0, 0.05) is 11.0 Å². The number of aromatic nitrogens is 3. The van der Waals surface area contributed by atoms with Gasteiger partial charge in [-0.25, -0.2) is 4.68 Å². The summed E-state index contributed by atoms with van der Waals surface area (Å²) in [4.78, 5) is 0. The molecule has 5 heteroatoms. The van der Waals surface area contributed by atoms with Crippen LogP contribution in [0.3, 0.4) is 0 Å². The van der Waals surface area contributed by atoms with Gasteiger partial charge in [0.05, 0.1) is 18.4 Å². The van der Waals surface area contributed by atoms with Crippen molar-refractivity contribution < 1.29 is 0 Å². The van der Waals surface area contributed by atoms with Crippen LogP contribution in [-0.4, -0.2) is 22.0 Å². The molecule has 0 bridgehead atoms. The van der Waals surface area contributed by atoms with E-state index in [-0.39, 0.29) is 0 Å². The van der Waals surface area contributed by atoms with Gasteiger partial charge in [-0.2, -0.15) is 0 Å². The van der Waals surface area contributed by atoms with Crippen LogP contribution in [0.1, 0.15) is 11.3 Å². The van der Waals surface area contributed by atoms with Gasteiger partial charge in [0.1, 0.15) is 0 Å². The Balaban J connectivity index is 2.05. The van der Waals surface area contributed by atoms with Crippen LogP contribution in [0.5, 0.6) is 0 Å². The Morgan fingerprint density at radius 1 is 1.31 bits per heavy atom. The van der Waals surface area contributed by atoms with Crippen LogP contribution in [0.4, 0.5) is 0 Å². The molecule has 1 N–H and O–H groups in total. The van der Waals surface area contributed by atoms with Crippen molar-refractivity contribution in [3.05, 3.63) is 46.2 Å². The summed E-state index contributed by atoms with van der Waals surface area (Å²) < 4.78 is 2.93. The topological polar surface area (TPSA) is 42.7 Å². The molecule has 1 aromatic carbocycles. The molecule has 0 radical (unpaired) electrons. The van der Waals surface area contributed by atoms with E-state index >= 15 is 0 Å². The SMILES string of the molecule is CNCc1cn(Cc2ccc(Br)cc2)nn1. The number of nitrogens with one attached hydrogen (secondary N) is 1. The predicted octanol–water partition coefficient (Wildman–Crippen LogP) is 1.81. The van der Waals surface area contributed by atoms with Gasteiger partial charge in [0.25, 0.3) is 0 Å². The first kappa shape index (κ1) is 11.3. The number of nitrogens with zero attached hydrogens (tertiary/aromatic N) is 3. The normalized spacial score (nSPS) is 10.6. The van der Waals surface area contributed by atoms with Gasteiger partial charge in [-0.3, -0.25) is 0 Å². The lowest BCUT2D eigenvalue weighted by atomic mass is 10.2. The predicted molar refractivity (Wildman–Crippen MR) is 66.0 cm³/mol. The van der Waals surface area contributed by atoms with E-state index in [9.17, 15) is 0 Å². The molecule has 0 saturated heterocycles. The molecule has 84 valence electrons. The summed E-state index contributed by atoms with van der Waals surface area (Å²) in [5.74, 6) is 0. The van der Waals surface area contributed by atoms with Crippen LogP contribution in [0.15, 0.2) is 34.9 Å². The van der Waals surface area contributed by atoms with Crippen molar-refractivity contribution >= 4 is 15.9 Å². The smallest absolute Gasteiger partial charge is 0.0964 e. The van der Waals surface area contributed by atoms with Gasteiger partial charge in [-0.05, 0) is 24.7 Å². The molecule has 0 aliphatic heterocycles. The number of halogens is 1. The first-order valence-electron chi connectivity index (χ1n) is 5.06. The van der Waals surface area contributed by atoms with Crippen LogP contribution >= 0.6 is 15.9 Å². The molecule has 0 atom stereocenters. The first-order valence-corrected chi connectivity index (χ1v) is 5.85. The second kappa shape index (κ2) is 5.23. The summed E-state index contributed by atoms with van der Waals surface area (Å²) in [6, 6.07) is 8.20. The summed E-state index contributed by atoms with van der Waals surface area (Å²) >= 11 is 3.41. The second-order valence-electron chi connectivity index (χ2n) is 3.56. The average Bonchev–Trinajstić information content (AvgIpc) is 2.70. The molecule has 2 rings (SSSR count). The second-order valence-corrected chi connectivity index (χ2v) is 4.48. The molecule has 1 aromatic heterocycles. The highest BCUT2D eigenvalue weighted by molar-refractivity contribution is 9.10. The minimum Gasteiger partial charge on any atom is -0.314 e. The van der Waals surface area contributed by atoms with Crippen molar-refractivity contribution in [2.24, 2.45) is 0 Å². The van der Waals surface area contributed by atoms with Crippen molar-refractivity contribution in [3.63, 3.8) is 0 Å². The molecule has 4 nitrogen and oxygen atoms in total. The number of rotatable bonds is 4.